The first-order chi connectivity index (χ1) is 8.91. The molecule has 2 amide bonds. The van der Waals surface area contributed by atoms with Gasteiger partial charge in [0, 0.05) is 24.0 Å². The number of hydrogen-bond acceptors (Lipinski definition) is 3. The van der Waals surface area contributed by atoms with E-state index in [0.717, 1.165) is 4.90 Å². The average molecular weight is 299 g/mol. The fourth-order valence-corrected chi connectivity index (χ4v) is 3.08. The average Bonchev–Trinajstić information content (AvgIpc) is 2.41. The maximum atomic E-state index is 12.2. The fraction of sp³-hybridized carbons (Fsp3) is 0.385. The van der Waals surface area contributed by atoms with Crippen LogP contribution < -0.4 is 0 Å². The maximum Gasteiger partial charge on any atom is 0.256 e. The van der Waals surface area contributed by atoms with Crippen LogP contribution in [0, 0.1) is 0 Å². The van der Waals surface area contributed by atoms with Crippen LogP contribution in [-0.4, -0.2) is 47.1 Å². The van der Waals surface area contributed by atoms with Crippen LogP contribution in [0.1, 0.15) is 6.92 Å². The zero-order valence-corrected chi connectivity index (χ0v) is 12.5. The summed E-state index contributed by atoms with van der Waals surface area (Å²) in [4.78, 5) is 28.2. The lowest BCUT2D eigenvalue weighted by molar-refractivity contribution is -0.153. The first kappa shape index (κ1) is 14.2. The Balaban J connectivity index is 2.20. The lowest BCUT2D eigenvalue weighted by Gasteiger charge is -2.40. The molecule has 0 saturated carbocycles. The summed E-state index contributed by atoms with van der Waals surface area (Å²) >= 11 is 7.18. The van der Waals surface area contributed by atoms with Gasteiger partial charge in [-0.1, -0.05) is 23.4 Å². The minimum absolute atomic E-state index is 0.0476. The van der Waals surface area contributed by atoms with Crippen molar-refractivity contribution in [2.45, 2.75) is 23.2 Å². The number of carbonyl (C=O) groups excluding carboxylic acids is 2. The Kier molecular flexibility index (Phi) is 4.06. The summed E-state index contributed by atoms with van der Waals surface area (Å²) < 4.78 is 0. The Hall–Kier alpha value is -1.20. The predicted octanol–water partition coefficient (Wildman–Crippen LogP) is 2.08. The van der Waals surface area contributed by atoms with Gasteiger partial charge in [-0.3, -0.25) is 9.59 Å². The summed E-state index contributed by atoms with van der Waals surface area (Å²) in [5.74, 6) is -0.108. The van der Waals surface area contributed by atoms with Crippen LogP contribution >= 0.6 is 23.4 Å². The van der Waals surface area contributed by atoms with Gasteiger partial charge in [0.1, 0.15) is 6.04 Å². The zero-order valence-electron chi connectivity index (χ0n) is 11.0. The number of rotatable bonds is 2. The predicted molar refractivity (Wildman–Crippen MR) is 76.1 cm³/mol. The van der Waals surface area contributed by atoms with Crippen LogP contribution in [0.4, 0.5) is 0 Å². The third kappa shape index (κ3) is 2.72. The van der Waals surface area contributed by atoms with Gasteiger partial charge in [-0.15, -0.1) is 0 Å². The Bertz CT molecular complexity index is 506. The normalized spacial score (nSPS) is 24.0. The molecule has 2 rings (SSSR count). The molecular weight excluding hydrogens is 284 g/mol. The largest absolute Gasteiger partial charge is 0.331 e. The van der Waals surface area contributed by atoms with Gasteiger partial charge in [-0.25, -0.2) is 0 Å². The van der Waals surface area contributed by atoms with E-state index < -0.39 is 11.4 Å². The van der Waals surface area contributed by atoms with Crippen LogP contribution in [0.25, 0.3) is 0 Å². The van der Waals surface area contributed by atoms with Crippen molar-refractivity contribution in [1.82, 2.24) is 9.80 Å². The smallest absolute Gasteiger partial charge is 0.256 e. The van der Waals surface area contributed by atoms with Gasteiger partial charge in [0.05, 0.1) is 0 Å². The van der Waals surface area contributed by atoms with Gasteiger partial charge in [0.2, 0.25) is 5.91 Å². The van der Waals surface area contributed by atoms with E-state index in [-0.39, 0.29) is 11.8 Å². The fourth-order valence-electron chi connectivity index (χ4n) is 1.88. The minimum Gasteiger partial charge on any atom is -0.331 e. The molecule has 0 unspecified atom stereocenters. The van der Waals surface area contributed by atoms with Gasteiger partial charge in [-0.2, -0.15) is 0 Å². The summed E-state index contributed by atoms with van der Waals surface area (Å²) in [7, 11) is 3.32. The molecule has 2 atom stereocenters. The molecule has 0 aromatic heterocycles. The van der Waals surface area contributed by atoms with Crippen LogP contribution in [0.2, 0.25) is 5.02 Å². The molecule has 0 N–H and O–H groups in total. The van der Waals surface area contributed by atoms with E-state index in [1.54, 1.807) is 33.2 Å². The lowest BCUT2D eigenvalue weighted by Crippen LogP contribution is -2.60. The topological polar surface area (TPSA) is 40.6 Å². The summed E-state index contributed by atoms with van der Waals surface area (Å²) in [6.07, 6.45) is 0. The van der Waals surface area contributed by atoms with E-state index in [1.165, 1.54) is 21.6 Å². The maximum absolute atomic E-state index is 12.2. The summed E-state index contributed by atoms with van der Waals surface area (Å²) in [5, 5.41) is 0.129. The molecule has 1 aliphatic rings. The number of carbonyl (C=O) groups is 2. The first-order valence-corrected chi connectivity index (χ1v) is 7.13. The molecule has 0 bridgehead atoms. The molecule has 0 spiro atoms. The Morgan fingerprint density at radius 3 is 2.21 bits per heavy atom. The number of nitrogens with zero attached hydrogens (tertiary/aromatic N) is 2. The number of hydrogen-bond donors (Lipinski definition) is 0. The minimum atomic E-state index is -0.519. The van der Waals surface area contributed by atoms with Crippen molar-refractivity contribution in [3.63, 3.8) is 0 Å². The van der Waals surface area contributed by atoms with Crippen molar-refractivity contribution in [2.24, 2.45) is 0 Å². The van der Waals surface area contributed by atoms with Crippen LogP contribution in [-0.2, 0) is 9.59 Å². The number of piperazine rings is 1. The van der Waals surface area contributed by atoms with Gasteiger partial charge < -0.3 is 9.80 Å². The second-order valence-electron chi connectivity index (χ2n) is 4.50. The Morgan fingerprint density at radius 1 is 1.05 bits per heavy atom. The second-order valence-corrected chi connectivity index (χ2v) is 6.09. The molecule has 1 aromatic rings. The van der Waals surface area contributed by atoms with Crippen molar-refractivity contribution >= 4 is 35.2 Å². The van der Waals surface area contributed by atoms with Crippen molar-refractivity contribution in [1.29, 1.82) is 0 Å². The zero-order chi connectivity index (χ0) is 14.2. The molecule has 1 saturated heterocycles. The standard InChI is InChI=1S/C13H15ClN2O2S/c1-8-11(17)16(3)13(12(18)15(8)2)19-10-6-4-9(14)5-7-10/h4-8,13H,1-3H3/t8-,13+/m1/s1. The SMILES string of the molecule is C[C@@H]1C(=O)N(C)[C@@H](Sc2ccc(Cl)cc2)C(=O)N1C. The van der Waals surface area contributed by atoms with E-state index >= 15 is 0 Å². The first-order valence-electron chi connectivity index (χ1n) is 5.87. The van der Waals surface area contributed by atoms with Crippen LogP contribution in [0.15, 0.2) is 29.2 Å². The molecular formula is C13H15ClN2O2S. The quantitative estimate of drug-likeness (QED) is 0.839. The molecule has 1 fully saturated rings. The van der Waals surface area contributed by atoms with E-state index in [9.17, 15) is 9.59 Å². The molecule has 102 valence electrons. The highest BCUT2D eigenvalue weighted by Gasteiger charge is 2.40. The summed E-state index contributed by atoms with van der Waals surface area (Å²) in [6, 6.07) is 6.82. The third-order valence-corrected chi connectivity index (χ3v) is 4.80. The van der Waals surface area contributed by atoms with Gasteiger partial charge in [0.15, 0.2) is 5.37 Å². The van der Waals surface area contributed by atoms with E-state index in [0.29, 0.717) is 5.02 Å². The van der Waals surface area contributed by atoms with Gasteiger partial charge in [-0.05, 0) is 31.2 Å². The highest BCUT2D eigenvalue weighted by Crippen LogP contribution is 2.30. The Morgan fingerprint density at radius 2 is 1.63 bits per heavy atom. The van der Waals surface area contributed by atoms with Crippen molar-refractivity contribution in [3.8, 4) is 0 Å². The molecule has 4 nitrogen and oxygen atoms in total. The number of likely N-dealkylation sites (N-methyl/N-ethyl adjacent to an activating group) is 2. The molecule has 19 heavy (non-hydrogen) atoms. The van der Waals surface area contributed by atoms with Crippen molar-refractivity contribution in [3.05, 3.63) is 29.3 Å². The molecule has 6 heteroatoms. The van der Waals surface area contributed by atoms with Crippen LogP contribution in [0.3, 0.4) is 0 Å². The molecule has 0 radical (unpaired) electrons. The van der Waals surface area contributed by atoms with Gasteiger partial charge >= 0.3 is 0 Å². The lowest BCUT2D eigenvalue weighted by atomic mass is 10.2. The van der Waals surface area contributed by atoms with Crippen molar-refractivity contribution in [2.75, 3.05) is 14.1 Å². The van der Waals surface area contributed by atoms with E-state index in [1.807, 2.05) is 12.1 Å². The highest BCUT2D eigenvalue weighted by atomic mass is 35.5. The van der Waals surface area contributed by atoms with E-state index in [4.69, 9.17) is 11.6 Å². The number of halogens is 1. The summed E-state index contributed by atoms with van der Waals surface area (Å²) in [5.41, 5.74) is 0. The number of amides is 2. The monoisotopic (exact) mass is 298 g/mol. The highest BCUT2D eigenvalue weighted by molar-refractivity contribution is 8.00. The molecule has 0 aliphatic carbocycles. The van der Waals surface area contributed by atoms with Crippen LogP contribution in [0.5, 0.6) is 0 Å². The van der Waals surface area contributed by atoms with E-state index in [2.05, 4.69) is 0 Å². The Labute approximate surface area is 121 Å². The number of thioether (sulfide) groups is 1. The summed E-state index contributed by atoms with van der Waals surface area (Å²) in [6.45, 7) is 1.74. The molecule has 1 aliphatic heterocycles. The number of benzene rings is 1. The molecule has 1 aromatic carbocycles. The van der Waals surface area contributed by atoms with Gasteiger partial charge in [0.25, 0.3) is 5.91 Å². The molecule has 1 heterocycles. The van der Waals surface area contributed by atoms with Crippen molar-refractivity contribution < 1.29 is 9.59 Å². The second kappa shape index (κ2) is 5.43. The third-order valence-electron chi connectivity index (χ3n) is 3.26.